The van der Waals surface area contributed by atoms with Crippen LogP contribution >= 0.6 is 0 Å². The molecule has 0 atom stereocenters. The molecule has 0 radical (unpaired) electrons. The maximum absolute atomic E-state index is 12.4. The number of amides is 1. The lowest BCUT2D eigenvalue weighted by Gasteiger charge is -2.33. The Morgan fingerprint density at radius 2 is 1.75 bits per heavy atom. The van der Waals surface area contributed by atoms with Gasteiger partial charge in [-0.05, 0) is 12.1 Å². The maximum Gasteiger partial charge on any atom is 0.253 e. The first-order chi connectivity index (χ1) is 11.8. The van der Waals surface area contributed by atoms with E-state index in [-0.39, 0.29) is 5.91 Å². The molecule has 5 nitrogen and oxygen atoms in total. The molecule has 0 N–H and O–H groups in total. The lowest BCUT2D eigenvalue weighted by molar-refractivity contribution is 0.0652. The van der Waals surface area contributed by atoms with Crippen molar-refractivity contribution in [1.29, 1.82) is 5.26 Å². The van der Waals surface area contributed by atoms with E-state index in [0.29, 0.717) is 26.1 Å². The van der Waals surface area contributed by atoms with Crippen LogP contribution in [-0.4, -0.2) is 61.6 Å². The van der Waals surface area contributed by atoms with Gasteiger partial charge in [-0.15, -0.1) is 0 Å². The highest BCUT2D eigenvalue weighted by Crippen LogP contribution is 2.08. The zero-order valence-electron chi connectivity index (χ0n) is 13.9. The van der Waals surface area contributed by atoms with E-state index in [1.54, 1.807) is 0 Å². The van der Waals surface area contributed by atoms with Crippen molar-refractivity contribution in [2.45, 2.75) is 12.8 Å². The first-order valence-corrected chi connectivity index (χ1v) is 8.28. The molecule has 0 saturated carbocycles. The Morgan fingerprint density at radius 1 is 1.04 bits per heavy atom. The Hall–Kier alpha value is -2.34. The lowest BCUT2D eigenvalue weighted by atomic mass is 10.2. The van der Waals surface area contributed by atoms with E-state index in [1.807, 2.05) is 41.3 Å². The first kappa shape index (κ1) is 18.0. The summed E-state index contributed by atoms with van der Waals surface area (Å²) in [5.41, 5.74) is 0.752. The van der Waals surface area contributed by atoms with E-state index in [9.17, 15) is 4.79 Å². The molecule has 1 heterocycles. The summed E-state index contributed by atoms with van der Waals surface area (Å²) in [6.07, 6.45) is 1.12. The molecule has 1 saturated heterocycles. The summed E-state index contributed by atoms with van der Waals surface area (Å²) in [7, 11) is 0. The summed E-state index contributed by atoms with van der Waals surface area (Å²) in [6, 6.07) is 11.5. The minimum atomic E-state index is 0.107. The molecule has 1 fully saturated rings. The van der Waals surface area contributed by atoms with Gasteiger partial charge >= 0.3 is 0 Å². The van der Waals surface area contributed by atoms with Crippen LogP contribution in [0.5, 0.6) is 0 Å². The van der Waals surface area contributed by atoms with E-state index in [1.165, 1.54) is 0 Å². The number of rotatable bonds is 6. The molecule has 1 amide bonds. The number of nitriles is 1. The topological polar surface area (TPSA) is 56.6 Å². The monoisotopic (exact) mass is 325 g/mol. The highest BCUT2D eigenvalue weighted by molar-refractivity contribution is 5.94. The van der Waals surface area contributed by atoms with Gasteiger partial charge in [0.2, 0.25) is 0 Å². The fourth-order valence-corrected chi connectivity index (χ4v) is 2.47. The van der Waals surface area contributed by atoms with Crippen LogP contribution in [-0.2, 0) is 4.74 Å². The molecule has 2 rings (SSSR count). The minimum absolute atomic E-state index is 0.107. The number of carbonyl (C=O) groups excluding carboxylic acids is 1. The van der Waals surface area contributed by atoms with Gasteiger partial charge in [-0.2, -0.15) is 5.26 Å². The van der Waals surface area contributed by atoms with Crippen molar-refractivity contribution in [3.63, 3.8) is 0 Å². The third-order valence-corrected chi connectivity index (χ3v) is 3.84. The molecule has 0 bridgehead atoms. The standard InChI is InChI=1S/C19H23N3O2/c20-10-7-17-24-16-6-2-5-11-21-12-14-22(15-13-21)19(23)18-8-3-1-4-9-18/h1,3-4,8-9H,6-7,11-17H2. The molecule has 1 aliphatic rings. The highest BCUT2D eigenvalue weighted by atomic mass is 16.5. The van der Waals surface area contributed by atoms with Crippen LogP contribution in [0.4, 0.5) is 0 Å². The van der Waals surface area contributed by atoms with Gasteiger partial charge in [-0.25, -0.2) is 0 Å². The summed E-state index contributed by atoms with van der Waals surface area (Å²) in [6.45, 7) is 4.98. The molecular weight excluding hydrogens is 302 g/mol. The lowest BCUT2D eigenvalue weighted by Crippen LogP contribution is -2.48. The van der Waals surface area contributed by atoms with Crippen LogP contribution in [0.15, 0.2) is 30.3 Å². The molecule has 1 aromatic rings. The highest BCUT2D eigenvalue weighted by Gasteiger charge is 2.21. The predicted molar refractivity (Wildman–Crippen MR) is 92.2 cm³/mol. The second-order valence-corrected chi connectivity index (χ2v) is 5.56. The Balaban J connectivity index is 1.63. The molecule has 0 aromatic heterocycles. The summed E-state index contributed by atoms with van der Waals surface area (Å²) >= 11 is 0. The van der Waals surface area contributed by atoms with Crippen LogP contribution in [0.1, 0.15) is 23.2 Å². The van der Waals surface area contributed by atoms with Gasteiger partial charge < -0.3 is 9.64 Å². The first-order valence-electron chi connectivity index (χ1n) is 8.28. The zero-order chi connectivity index (χ0) is 17.0. The summed E-state index contributed by atoms with van der Waals surface area (Å²) in [4.78, 5) is 16.5. The van der Waals surface area contributed by atoms with Gasteiger partial charge in [-0.1, -0.05) is 30.0 Å². The number of ether oxygens (including phenoxy) is 1. The minimum Gasteiger partial charge on any atom is -0.379 e. The van der Waals surface area contributed by atoms with Gasteiger partial charge in [-0.3, -0.25) is 9.69 Å². The second-order valence-electron chi connectivity index (χ2n) is 5.56. The van der Waals surface area contributed by atoms with Crippen LogP contribution in [0.25, 0.3) is 0 Å². The van der Waals surface area contributed by atoms with Crippen LogP contribution < -0.4 is 0 Å². The number of hydrogen-bond donors (Lipinski definition) is 0. The fourth-order valence-electron chi connectivity index (χ4n) is 2.47. The molecule has 0 unspecified atom stereocenters. The molecular formula is C19H23N3O2. The van der Waals surface area contributed by atoms with Crippen molar-refractivity contribution in [1.82, 2.24) is 9.80 Å². The zero-order valence-corrected chi connectivity index (χ0v) is 13.9. The quantitative estimate of drug-likeness (QED) is 0.591. The normalized spacial score (nSPS) is 14.5. The largest absolute Gasteiger partial charge is 0.379 e. The molecule has 0 spiro atoms. The summed E-state index contributed by atoms with van der Waals surface area (Å²) < 4.78 is 5.27. The van der Waals surface area contributed by atoms with Crippen LogP contribution in [0.3, 0.4) is 0 Å². The number of hydrogen-bond acceptors (Lipinski definition) is 4. The fraction of sp³-hybridized carbons (Fsp3) is 0.474. The van der Waals surface area contributed by atoms with Crippen LogP contribution in [0, 0.1) is 23.2 Å². The molecule has 5 heteroatoms. The summed E-state index contributed by atoms with van der Waals surface area (Å²) in [5.74, 6) is 6.35. The molecule has 126 valence electrons. The molecule has 1 aliphatic heterocycles. The smallest absolute Gasteiger partial charge is 0.253 e. The molecule has 24 heavy (non-hydrogen) atoms. The van der Waals surface area contributed by atoms with E-state index in [2.05, 4.69) is 16.7 Å². The second kappa shape index (κ2) is 10.4. The van der Waals surface area contributed by atoms with Crippen LogP contribution in [0.2, 0.25) is 0 Å². The van der Waals surface area contributed by atoms with E-state index < -0.39 is 0 Å². The van der Waals surface area contributed by atoms with E-state index in [4.69, 9.17) is 10.00 Å². The maximum atomic E-state index is 12.4. The van der Waals surface area contributed by atoms with Gasteiger partial charge in [0, 0.05) is 38.2 Å². The van der Waals surface area contributed by atoms with Crippen molar-refractivity contribution in [3.8, 4) is 17.9 Å². The van der Waals surface area contributed by atoms with Crippen molar-refractivity contribution < 1.29 is 9.53 Å². The third kappa shape index (κ3) is 6.04. The van der Waals surface area contributed by atoms with Crippen molar-refractivity contribution in [2.75, 3.05) is 45.9 Å². The number of piperazine rings is 1. The van der Waals surface area contributed by atoms with Gasteiger partial charge in [0.1, 0.15) is 0 Å². The third-order valence-electron chi connectivity index (χ3n) is 3.84. The average Bonchev–Trinajstić information content (AvgIpc) is 2.64. The molecule has 1 aromatic carbocycles. The van der Waals surface area contributed by atoms with Crippen molar-refractivity contribution in [3.05, 3.63) is 35.9 Å². The number of carbonyl (C=O) groups is 1. The van der Waals surface area contributed by atoms with E-state index >= 15 is 0 Å². The van der Waals surface area contributed by atoms with Gasteiger partial charge in [0.25, 0.3) is 5.91 Å². The predicted octanol–water partition coefficient (Wildman–Crippen LogP) is 1.77. The number of benzene rings is 1. The summed E-state index contributed by atoms with van der Waals surface area (Å²) in [5, 5.41) is 8.38. The van der Waals surface area contributed by atoms with Crippen molar-refractivity contribution in [2.24, 2.45) is 0 Å². The number of nitrogens with zero attached hydrogens (tertiary/aromatic N) is 3. The Bertz CT molecular complexity index is 605. The van der Waals surface area contributed by atoms with Gasteiger partial charge in [0.05, 0.1) is 32.2 Å². The Morgan fingerprint density at radius 3 is 2.46 bits per heavy atom. The molecule has 0 aliphatic carbocycles. The Labute approximate surface area is 143 Å². The van der Waals surface area contributed by atoms with Gasteiger partial charge in [0.15, 0.2) is 0 Å². The SMILES string of the molecule is N#CCCOCCC#CCN1CCN(C(=O)c2ccccc2)CC1. The van der Waals surface area contributed by atoms with E-state index in [0.717, 1.165) is 38.3 Å². The van der Waals surface area contributed by atoms with Crippen molar-refractivity contribution >= 4 is 5.91 Å². The average molecular weight is 325 g/mol. The Kier molecular flexibility index (Phi) is 7.83.